The third-order valence-corrected chi connectivity index (χ3v) is 4.90. The predicted octanol–water partition coefficient (Wildman–Crippen LogP) is 3.86. The van der Waals surface area contributed by atoms with Crippen LogP contribution in [0.2, 0.25) is 0 Å². The number of fused-ring (bicyclic) bond motifs is 1. The second kappa shape index (κ2) is 6.23. The molecule has 0 aliphatic carbocycles. The van der Waals surface area contributed by atoms with Gasteiger partial charge in [0, 0.05) is 47.8 Å². The van der Waals surface area contributed by atoms with E-state index in [0.29, 0.717) is 5.92 Å². The summed E-state index contributed by atoms with van der Waals surface area (Å²) in [5, 5.41) is 8.12. The van der Waals surface area contributed by atoms with Crippen LogP contribution < -0.4 is 4.90 Å². The third kappa shape index (κ3) is 2.98. The standard InChI is InChI=1S/C19H21FN4/c1-13-10-19(17-3-2-15(20)12-18(17)22-13)24-8-5-14(6-9-24)11-16-4-7-21-23-16/h2-4,7,10,12,14H,5-6,8-9,11H2,1H3,(H,21,23). The normalized spacial score (nSPS) is 16.0. The topological polar surface area (TPSA) is 44.8 Å². The van der Waals surface area contributed by atoms with Crippen LogP contribution in [-0.2, 0) is 6.42 Å². The number of piperidine rings is 1. The van der Waals surface area contributed by atoms with Gasteiger partial charge >= 0.3 is 0 Å². The summed E-state index contributed by atoms with van der Waals surface area (Å²) in [7, 11) is 0. The molecule has 5 heteroatoms. The Morgan fingerprint density at radius 3 is 2.79 bits per heavy atom. The number of aromatic nitrogens is 3. The predicted molar refractivity (Wildman–Crippen MR) is 93.7 cm³/mol. The molecule has 0 radical (unpaired) electrons. The number of hydrogen-bond donors (Lipinski definition) is 1. The highest BCUT2D eigenvalue weighted by Crippen LogP contribution is 2.31. The maximum absolute atomic E-state index is 13.5. The first-order valence-corrected chi connectivity index (χ1v) is 8.49. The van der Waals surface area contributed by atoms with Crippen LogP contribution in [0, 0.1) is 18.7 Å². The van der Waals surface area contributed by atoms with Gasteiger partial charge in [-0.15, -0.1) is 0 Å². The van der Waals surface area contributed by atoms with Crippen molar-refractivity contribution in [1.29, 1.82) is 0 Å². The van der Waals surface area contributed by atoms with Gasteiger partial charge < -0.3 is 4.90 Å². The number of aryl methyl sites for hydroxylation is 1. The SMILES string of the molecule is Cc1cc(N2CCC(Cc3ccn[nH]3)CC2)c2ccc(F)cc2n1. The van der Waals surface area contributed by atoms with Gasteiger partial charge in [-0.2, -0.15) is 5.10 Å². The highest BCUT2D eigenvalue weighted by molar-refractivity contribution is 5.92. The number of nitrogens with one attached hydrogen (secondary N) is 1. The smallest absolute Gasteiger partial charge is 0.125 e. The zero-order valence-corrected chi connectivity index (χ0v) is 13.8. The van der Waals surface area contributed by atoms with E-state index in [0.717, 1.165) is 48.9 Å². The average Bonchev–Trinajstić information content (AvgIpc) is 3.07. The molecule has 1 fully saturated rings. The Bertz CT molecular complexity index is 831. The molecule has 0 unspecified atom stereocenters. The van der Waals surface area contributed by atoms with E-state index in [1.165, 1.54) is 23.5 Å². The first kappa shape index (κ1) is 15.1. The summed E-state index contributed by atoms with van der Waals surface area (Å²) in [6, 6.07) is 9.07. The van der Waals surface area contributed by atoms with Gasteiger partial charge in [0.25, 0.3) is 0 Å². The Labute approximate surface area is 140 Å². The van der Waals surface area contributed by atoms with Gasteiger partial charge in [-0.05, 0) is 56.4 Å². The summed E-state index contributed by atoms with van der Waals surface area (Å²) in [6.07, 6.45) is 5.19. The van der Waals surface area contributed by atoms with Gasteiger partial charge in [0.1, 0.15) is 5.82 Å². The molecule has 1 N–H and O–H groups in total. The van der Waals surface area contributed by atoms with E-state index in [-0.39, 0.29) is 5.82 Å². The van der Waals surface area contributed by atoms with Gasteiger partial charge in [-0.3, -0.25) is 10.1 Å². The molecule has 1 aliphatic rings. The summed E-state index contributed by atoms with van der Waals surface area (Å²) in [4.78, 5) is 6.89. The van der Waals surface area contributed by atoms with Gasteiger partial charge in [0.05, 0.1) is 5.52 Å². The van der Waals surface area contributed by atoms with Crippen molar-refractivity contribution in [2.75, 3.05) is 18.0 Å². The average molecular weight is 324 g/mol. The van der Waals surface area contributed by atoms with E-state index in [1.54, 1.807) is 0 Å². The van der Waals surface area contributed by atoms with Crippen LogP contribution >= 0.6 is 0 Å². The number of pyridine rings is 1. The number of benzene rings is 1. The van der Waals surface area contributed by atoms with Crippen molar-refractivity contribution in [3.05, 3.63) is 53.7 Å². The van der Waals surface area contributed by atoms with E-state index >= 15 is 0 Å². The van der Waals surface area contributed by atoms with Gasteiger partial charge in [-0.25, -0.2) is 4.39 Å². The van der Waals surface area contributed by atoms with E-state index < -0.39 is 0 Å². The minimum Gasteiger partial charge on any atom is -0.371 e. The molecule has 0 spiro atoms. The summed E-state index contributed by atoms with van der Waals surface area (Å²) in [6.45, 7) is 4.02. The summed E-state index contributed by atoms with van der Waals surface area (Å²) in [5.41, 5.74) is 4.07. The zero-order valence-electron chi connectivity index (χ0n) is 13.8. The summed E-state index contributed by atoms with van der Waals surface area (Å²) in [5.74, 6) is 0.457. The van der Waals surface area contributed by atoms with E-state index in [1.807, 2.05) is 19.2 Å². The molecule has 3 aromatic rings. The summed E-state index contributed by atoms with van der Waals surface area (Å²) >= 11 is 0. The van der Waals surface area contributed by atoms with Crippen LogP contribution in [0.4, 0.5) is 10.1 Å². The minimum atomic E-state index is -0.232. The molecule has 0 atom stereocenters. The number of nitrogens with zero attached hydrogens (tertiary/aromatic N) is 3. The van der Waals surface area contributed by atoms with Crippen molar-refractivity contribution in [1.82, 2.24) is 15.2 Å². The second-order valence-electron chi connectivity index (χ2n) is 6.66. The number of H-pyrrole nitrogens is 1. The molecule has 0 saturated carbocycles. The third-order valence-electron chi connectivity index (χ3n) is 4.90. The fourth-order valence-corrected chi connectivity index (χ4v) is 3.66. The lowest BCUT2D eigenvalue weighted by atomic mass is 9.91. The molecule has 1 saturated heterocycles. The second-order valence-corrected chi connectivity index (χ2v) is 6.66. The lowest BCUT2D eigenvalue weighted by molar-refractivity contribution is 0.401. The lowest BCUT2D eigenvalue weighted by Gasteiger charge is -2.34. The maximum Gasteiger partial charge on any atom is 0.125 e. The van der Waals surface area contributed by atoms with Gasteiger partial charge in [0.2, 0.25) is 0 Å². The molecule has 4 rings (SSSR count). The maximum atomic E-state index is 13.5. The summed E-state index contributed by atoms with van der Waals surface area (Å²) < 4.78 is 13.5. The fraction of sp³-hybridized carbons (Fsp3) is 0.368. The Balaban J connectivity index is 1.54. The minimum absolute atomic E-state index is 0.232. The molecule has 24 heavy (non-hydrogen) atoms. The molecule has 124 valence electrons. The molecule has 1 aromatic carbocycles. The number of anilines is 1. The number of halogens is 1. The fourth-order valence-electron chi connectivity index (χ4n) is 3.66. The molecule has 3 heterocycles. The van der Waals surface area contributed by atoms with Gasteiger partial charge in [-0.1, -0.05) is 0 Å². The first-order chi connectivity index (χ1) is 11.7. The highest BCUT2D eigenvalue weighted by atomic mass is 19.1. The molecular weight excluding hydrogens is 303 g/mol. The van der Waals surface area contributed by atoms with Gasteiger partial charge in [0.15, 0.2) is 0 Å². The number of aromatic amines is 1. The zero-order chi connectivity index (χ0) is 16.5. The molecule has 2 aromatic heterocycles. The van der Waals surface area contributed by atoms with E-state index in [4.69, 9.17) is 0 Å². The van der Waals surface area contributed by atoms with Crippen LogP contribution in [0.15, 0.2) is 36.5 Å². The van der Waals surface area contributed by atoms with Crippen LogP contribution in [0.1, 0.15) is 24.2 Å². The van der Waals surface area contributed by atoms with Crippen molar-refractivity contribution >= 4 is 16.6 Å². The van der Waals surface area contributed by atoms with E-state index in [9.17, 15) is 4.39 Å². The van der Waals surface area contributed by atoms with Crippen molar-refractivity contribution < 1.29 is 4.39 Å². The van der Waals surface area contributed by atoms with Crippen molar-refractivity contribution in [2.24, 2.45) is 5.92 Å². The van der Waals surface area contributed by atoms with Crippen LogP contribution in [0.3, 0.4) is 0 Å². The van der Waals surface area contributed by atoms with Crippen molar-refractivity contribution in [3.63, 3.8) is 0 Å². The van der Waals surface area contributed by atoms with Crippen molar-refractivity contribution in [2.45, 2.75) is 26.2 Å². The van der Waals surface area contributed by atoms with E-state index in [2.05, 4.69) is 32.2 Å². The number of rotatable bonds is 3. The number of hydrogen-bond acceptors (Lipinski definition) is 3. The Morgan fingerprint density at radius 2 is 2.04 bits per heavy atom. The first-order valence-electron chi connectivity index (χ1n) is 8.49. The quantitative estimate of drug-likeness (QED) is 0.795. The largest absolute Gasteiger partial charge is 0.371 e. The van der Waals surface area contributed by atoms with Crippen LogP contribution in [0.25, 0.3) is 10.9 Å². The molecular formula is C19H21FN4. The van der Waals surface area contributed by atoms with Crippen LogP contribution in [-0.4, -0.2) is 28.3 Å². The lowest BCUT2D eigenvalue weighted by Crippen LogP contribution is -2.34. The molecule has 4 nitrogen and oxygen atoms in total. The molecule has 0 bridgehead atoms. The molecule has 0 amide bonds. The highest BCUT2D eigenvalue weighted by Gasteiger charge is 2.21. The Hall–Kier alpha value is -2.43. The van der Waals surface area contributed by atoms with Crippen LogP contribution in [0.5, 0.6) is 0 Å². The van der Waals surface area contributed by atoms with Crippen molar-refractivity contribution in [3.8, 4) is 0 Å². The molecule has 1 aliphatic heterocycles. The Morgan fingerprint density at radius 1 is 1.21 bits per heavy atom. The Kier molecular flexibility index (Phi) is 3.92. The monoisotopic (exact) mass is 324 g/mol.